The number of nitrogens with two attached hydrogens (primary N) is 1. The average molecular weight is 333 g/mol. The van der Waals surface area contributed by atoms with E-state index in [0.717, 1.165) is 12.8 Å². The van der Waals surface area contributed by atoms with Crippen molar-refractivity contribution in [2.45, 2.75) is 12.8 Å². The van der Waals surface area contributed by atoms with E-state index >= 15 is 0 Å². The second-order valence-electron chi connectivity index (χ2n) is 4.77. The zero-order chi connectivity index (χ0) is 15.5. The van der Waals surface area contributed by atoms with Gasteiger partial charge in [0, 0.05) is 25.8 Å². The van der Waals surface area contributed by atoms with Crippen LogP contribution in [0.2, 0.25) is 5.02 Å². The molecule has 9 heteroatoms. The summed E-state index contributed by atoms with van der Waals surface area (Å²) in [7, 11) is -3.30. The van der Waals surface area contributed by atoms with E-state index in [-0.39, 0.29) is 28.7 Å². The first-order valence-electron chi connectivity index (χ1n) is 6.57. The molecule has 1 aromatic rings. The summed E-state index contributed by atoms with van der Waals surface area (Å²) in [5.74, 6) is -0.402. The number of nitrogen functional groups attached to an aromatic ring is 1. The molecule has 21 heavy (non-hydrogen) atoms. The maximum atomic E-state index is 12.0. The van der Waals surface area contributed by atoms with E-state index in [2.05, 4.69) is 10.3 Å². The molecule has 1 aromatic heterocycles. The SMILES string of the molecule is Nc1ncc(C(=O)NCCS(=O)(=O)N2CCCC2)cc1Cl. The molecule has 0 atom stereocenters. The third-order valence-corrected chi connectivity index (χ3v) is 5.41. The number of hydrogen-bond acceptors (Lipinski definition) is 5. The predicted octanol–water partition coefficient (Wildman–Crippen LogP) is 0.473. The van der Waals surface area contributed by atoms with Crippen molar-refractivity contribution in [1.82, 2.24) is 14.6 Å². The van der Waals surface area contributed by atoms with Crippen molar-refractivity contribution < 1.29 is 13.2 Å². The Morgan fingerprint density at radius 2 is 2.10 bits per heavy atom. The zero-order valence-corrected chi connectivity index (χ0v) is 13.0. The molecule has 1 saturated heterocycles. The number of hydrogen-bond donors (Lipinski definition) is 2. The minimum Gasteiger partial charge on any atom is -0.382 e. The Balaban J connectivity index is 1.88. The van der Waals surface area contributed by atoms with Crippen LogP contribution in [-0.2, 0) is 10.0 Å². The summed E-state index contributed by atoms with van der Waals surface area (Å²) in [5.41, 5.74) is 5.70. The lowest BCUT2D eigenvalue weighted by Gasteiger charge is -2.15. The van der Waals surface area contributed by atoms with Gasteiger partial charge in [0.2, 0.25) is 10.0 Å². The van der Waals surface area contributed by atoms with Crippen LogP contribution in [0.4, 0.5) is 5.82 Å². The summed E-state index contributed by atoms with van der Waals surface area (Å²) in [6.07, 6.45) is 3.08. The molecular weight excluding hydrogens is 316 g/mol. The normalized spacial score (nSPS) is 16.0. The number of nitrogens with one attached hydrogen (secondary N) is 1. The Kier molecular flexibility index (Phi) is 5.02. The maximum Gasteiger partial charge on any atom is 0.252 e. The first-order chi connectivity index (χ1) is 9.90. The Morgan fingerprint density at radius 3 is 2.71 bits per heavy atom. The highest BCUT2D eigenvalue weighted by atomic mass is 35.5. The van der Waals surface area contributed by atoms with Gasteiger partial charge in [-0.15, -0.1) is 0 Å². The van der Waals surface area contributed by atoms with E-state index in [9.17, 15) is 13.2 Å². The standard InChI is InChI=1S/C12H17ClN4O3S/c13-10-7-9(8-16-11(10)14)12(18)15-3-6-21(19,20)17-4-1-2-5-17/h7-8H,1-6H2,(H2,14,16)(H,15,18). The minimum atomic E-state index is -3.30. The van der Waals surface area contributed by atoms with E-state index in [0.29, 0.717) is 13.1 Å². The van der Waals surface area contributed by atoms with Crippen LogP contribution in [0.15, 0.2) is 12.3 Å². The second-order valence-corrected chi connectivity index (χ2v) is 7.26. The van der Waals surface area contributed by atoms with Gasteiger partial charge in [-0.1, -0.05) is 11.6 Å². The van der Waals surface area contributed by atoms with Crippen LogP contribution in [0, 0.1) is 0 Å². The molecule has 0 radical (unpaired) electrons. The number of halogens is 1. The molecule has 0 bridgehead atoms. The first-order valence-corrected chi connectivity index (χ1v) is 8.56. The van der Waals surface area contributed by atoms with Crippen LogP contribution in [-0.4, -0.2) is 49.0 Å². The Labute approximate surface area is 128 Å². The average Bonchev–Trinajstić information content (AvgIpc) is 2.96. The molecule has 116 valence electrons. The van der Waals surface area contributed by atoms with Crippen LogP contribution in [0.1, 0.15) is 23.2 Å². The van der Waals surface area contributed by atoms with Gasteiger partial charge in [0.1, 0.15) is 5.82 Å². The van der Waals surface area contributed by atoms with E-state index in [1.54, 1.807) is 0 Å². The Morgan fingerprint density at radius 1 is 1.43 bits per heavy atom. The lowest BCUT2D eigenvalue weighted by atomic mass is 10.2. The fraction of sp³-hybridized carbons (Fsp3) is 0.500. The fourth-order valence-electron chi connectivity index (χ4n) is 2.06. The number of carbonyl (C=O) groups is 1. The number of pyridine rings is 1. The summed E-state index contributed by atoms with van der Waals surface area (Å²) < 4.78 is 25.4. The highest BCUT2D eigenvalue weighted by molar-refractivity contribution is 7.89. The van der Waals surface area contributed by atoms with Gasteiger partial charge in [0.25, 0.3) is 5.91 Å². The van der Waals surface area contributed by atoms with Gasteiger partial charge in [-0.25, -0.2) is 17.7 Å². The number of amides is 1. The van der Waals surface area contributed by atoms with E-state index < -0.39 is 15.9 Å². The molecule has 2 rings (SSSR count). The third kappa shape index (κ3) is 4.05. The zero-order valence-electron chi connectivity index (χ0n) is 11.4. The number of rotatable bonds is 5. The van der Waals surface area contributed by atoms with Gasteiger partial charge >= 0.3 is 0 Å². The van der Waals surface area contributed by atoms with Crippen molar-refractivity contribution in [2.24, 2.45) is 0 Å². The van der Waals surface area contributed by atoms with Crippen LogP contribution in [0.5, 0.6) is 0 Å². The Hall–Kier alpha value is -1.38. The predicted molar refractivity (Wildman–Crippen MR) is 80.6 cm³/mol. The number of sulfonamides is 1. The smallest absolute Gasteiger partial charge is 0.252 e. The number of aromatic nitrogens is 1. The fourth-order valence-corrected chi connectivity index (χ4v) is 3.66. The van der Waals surface area contributed by atoms with Crippen LogP contribution < -0.4 is 11.1 Å². The topological polar surface area (TPSA) is 105 Å². The molecule has 0 spiro atoms. The van der Waals surface area contributed by atoms with Crippen molar-refractivity contribution in [3.63, 3.8) is 0 Å². The quantitative estimate of drug-likeness (QED) is 0.815. The molecule has 3 N–H and O–H groups in total. The summed E-state index contributed by atoms with van der Waals surface area (Å²) in [4.78, 5) is 15.6. The van der Waals surface area contributed by atoms with Crippen molar-refractivity contribution in [1.29, 1.82) is 0 Å². The molecule has 0 saturated carbocycles. The highest BCUT2D eigenvalue weighted by Gasteiger charge is 2.24. The molecule has 1 amide bonds. The number of carbonyl (C=O) groups excluding carboxylic acids is 1. The van der Waals surface area contributed by atoms with E-state index in [4.69, 9.17) is 17.3 Å². The molecule has 1 fully saturated rings. The monoisotopic (exact) mass is 332 g/mol. The van der Waals surface area contributed by atoms with E-state index in [1.807, 2.05) is 0 Å². The van der Waals surface area contributed by atoms with Crippen LogP contribution in [0.3, 0.4) is 0 Å². The lowest BCUT2D eigenvalue weighted by molar-refractivity contribution is 0.0955. The molecule has 2 heterocycles. The lowest BCUT2D eigenvalue weighted by Crippen LogP contribution is -2.36. The molecule has 0 aromatic carbocycles. The molecule has 0 unspecified atom stereocenters. The summed E-state index contributed by atoms with van der Waals surface area (Å²) >= 11 is 5.78. The molecule has 7 nitrogen and oxygen atoms in total. The second kappa shape index (κ2) is 6.59. The van der Waals surface area contributed by atoms with Gasteiger partial charge in [0.15, 0.2) is 0 Å². The summed E-state index contributed by atoms with van der Waals surface area (Å²) in [6, 6.07) is 1.40. The van der Waals surface area contributed by atoms with Crippen molar-refractivity contribution in [3.8, 4) is 0 Å². The van der Waals surface area contributed by atoms with Gasteiger partial charge in [-0.3, -0.25) is 4.79 Å². The number of nitrogens with zero attached hydrogens (tertiary/aromatic N) is 2. The van der Waals surface area contributed by atoms with Crippen LogP contribution >= 0.6 is 11.6 Å². The van der Waals surface area contributed by atoms with Crippen molar-refractivity contribution >= 4 is 33.3 Å². The largest absolute Gasteiger partial charge is 0.382 e. The molecular formula is C12H17ClN4O3S. The maximum absolute atomic E-state index is 12.0. The summed E-state index contributed by atoms with van der Waals surface area (Å²) in [5, 5.41) is 2.73. The molecule has 0 aliphatic carbocycles. The van der Waals surface area contributed by atoms with Gasteiger partial charge < -0.3 is 11.1 Å². The van der Waals surface area contributed by atoms with Crippen LogP contribution in [0.25, 0.3) is 0 Å². The van der Waals surface area contributed by atoms with Gasteiger partial charge in [-0.2, -0.15) is 0 Å². The van der Waals surface area contributed by atoms with E-state index in [1.165, 1.54) is 16.6 Å². The van der Waals surface area contributed by atoms with Crippen molar-refractivity contribution in [3.05, 3.63) is 22.8 Å². The number of anilines is 1. The highest BCUT2D eigenvalue weighted by Crippen LogP contribution is 2.16. The Bertz CT molecular complexity index is 629. The van der Waals surface area contributed by atoms with Crippen molar-refractivity contribution in [2.75, 3.05) is 31.1 Å². The molecule has 1 aliphatic heterocycles. The first kappa shape index (κ1) is 16.0. The van der Waals surface area contributed by atoms with Gasteiger partial charge in [-0.05, 0) is 18.9 Å². The molecule has 1 aliphatic rings. The van der Waals surface area contributed by atoms with Gasteiger partial charge in [0.05, 0.1) is 16.3 Å². The third-order valence-electron chi connectivity index (χ3n) is 3.24. The minimum absolute atomic E-state index is 0.0413. The summed E-state index contributed by atoms with van der Waals surface area (Å²) in [6.45, 7) is 1.17.